The van der Waals surface area contributed by atoms with Gasteiger partial charge in [-0.1, -0.05) is 48.0 Å². The molecule has 29 heavy (non-hydrogen) atoms. The van der Waals surface area contributed by atoms with Crippen molar-refractivity contribution in [1.82, 2.24) is 0 Å². The lowest BCUT2D eigenvalue weighted by Gasteiger charge is -2.14. The number of hydrogen-bond acceptors (Lipinski definition) is 4. The van der Waals surface area contributed by atoms with Crippen LogP contribution in [0.25, 0.3) is 0 Å². The van der Waals surface area contributed by atoms with Crippen LogP contribution in [0, 0.1) is 13.8 Å². The van der Waals surface area contributed by atoms with Crippen molar-refractivity contribution in [3.8, 4) is 0 Å². The van der Waals surface area contributed by atoms with Gasteiger partial charge in [-0.3, -0.25) is 9.44 Å². The number of benzene rings is 3. The van der Waals surface area contributed by atoms with Crippen LogP contribution in [0.15, 0.2) is 76.5 Å². The molecule has 2 N–H and O–H groups in total. The molecule has 0 aliphatic rings. The van der Waals surface area contributed by atoms with Crippen molar-refractivity contribution >= 4 is 43.0 Å². The highest BCUT2D eigenvalue weighted by Crippen LogP contribution is 2.29. The minimum atomic E-state index is -3.84. The summed E-state index contributed by atoms with van der Waals surface area (Å²) >= 11 is 6.21. The lowest BCUT2D eigenvalue weighted by molar-refractivity contribution is 0.598. The van der Waals surface area contributed by atoms with Gasteiger partial charge in [0.2, 0.25) is 0 Å². The number of halogens is 1. The number of aryl methyl sites for hydroxylation is 2. The van der Waals surface area contributed by atoms with Crippen LogP contribution in [-0.4, -0.2) is 16.8 Å². The smallest absolute Gasteiger partial charge is 0.262 e. The van der Waals surface area contributed by atoms with Gasteiger partial charge in [-0.2, -0.15) is 0 Å². The number of rotatable bonds is 6. The van der Waals surface area contributed by atoms with Crippen LogP contribution < -0.4 is 9.44 Å². The SMILES string of the molecule is Cc1ccccc1S(=O)(=O)Nc1ccc(NS(=O)(=O)c2ccccc2C)c(Cl)c1. The van der Waals surface area contributed by atoms with E-state index in [9.17, 15) is 16.8 Å². The first-order valence-corrected chi connectivity index (χ1v) is 11.9. The molecule has 6 nitrogen and oxygen atoms in total. The van der Waals surface area contributed by atoms with Gasteiger partial charge in [0.25, 0.3) is 20.0 Å². The molecule has 3 aromatic rings. The predicted octanol–water partition coefficient (Wildman–Crippen LogP) is 4.56. The van der Waals surface area contributed by atoms with Gasteiger partial charge in [0.15, 0.2) is 0 Å². The van der Waals surface area contributed by atoms with Gasteiger partial charge < -0.3 is 0 Å². The van der Waals surface area contributed by atoms with Crippen molar-refractivity contribution in [3.05, 3.63) is 82.9 Å². The first kappa shape index (κ1) is 21.2. The highest BCUT2D eigenvalue weighted by atomic mass is 35.5. The third kappa shape index (κ3) is 4.72. The van der Waals surface area contributed by atoms with Gasteiger partial charge in [-0.15, -0.1) is 0 Å². The van der Waals surface area contributed by atoms with Crippen molar-refractivity contribution in [2.24, 2.45) is 0 Å². The Morgan fingerprint density at radius 3 is 1.66 bits per heavy atom. The largest absolute Gasteiger partial charge is 0.280 e. The quantitative estimate of drug-likeness (QED) is 0.575. The Labute approximate surface area is 175 Å². The first-order valence-electron chi connectivity index (χ1n) is 8.56. The first-order chi connectivity index (χ1) is 13.6. The second kappa shape index (κ2) is 8.06. The zero-order valence-corrected chi connectivity index (χ0v) is 18.1. The van der Waals surface area contributed by atoms with E-state index in [2.05, 4.69) is 9.44 Å². The van der Waals surface area contributed by atoms with Crippen LogP contribution in [0.5, 0.6) is 0 Å². The van der Waals surface area contributed by atoms with Crippen LogP contribution in [0.1, 0.15) is 11.1 Å². The highest BCUT2D eigenvalue weighted by molar-refractivity contribution is 7.93. The summed E-state index contributed by atoms with van der Waals surface area (Å²) in [4.78, 5) is 0.292. The third-order valence-corrected chi connectivity index (χ3v) is 7.61. The van der Waals surface area contributed by atoms with Crippen LogP contribution in [0.4, 0.5) is 11.4 Å². The standard InChI is InChI=1S/C20H19ClN2O4S2/c1-14-7-3-5-9-19(14)28(24,25)22-16-11-12-18(17(21)13-16)23-29(26,27)20-10-6-4-8-15(20)2/h3-13,22-23H,1-2H3. The van der Waals surface area contributed by atoms with Crippen LogP contribution in [-0.2, 0) is 20.0 Å². The second-order valence-electron chi connectivity index (χ2n) is 6.44. The van der Waals surface area contributed by atoms with Gasteiger partial charge in [0, 0.05) is 0 Å². The van der Waals surface area contributed by atoms with Gasteiger partial charge in [-0.05, 0) is 55.3 Å². The molecule has 0 radical (unpaired) electrons. The van der Waals surface area contributed by atoms with Crippen molar-refractivity contribution in [1.29, 1.82) is 0 Å². The van der Waals surface area contributed by atoms with Gasteiger partial charge in [0.1, 0.15) is 0 Å². The maximum Gasteiger partial charge on any atom is 0.262 e. The molecule has 0 spiro atoms. The van der Waals surface area contributed by atoms with E-state index in [1.54, 1.807) is 50.2 Å². The molecule has 0 saturated heterocycles. The van der Waals surface area contributed by atoms with E-state index in [4.69, 9.17) is 11.6 Å². The fourth-order valence-corrected chi connectivity index (χ4v) is 5.69. The maximum atomic E-state index is 12.6. The molecule has 0 heterocycles. The zero-order chi connectivity index (χ0) is 21.2. The Bertz CT molecular complexity index is 1270. The molecule has 0 aromatic heterocycles. The van der Waals surface area contributed by atoms with Gasteiger partial charge >= 0.3 is 0 Å². The molecule has 0 amide bonds. The van der Waals surface area contributed by atoms with E-state index in [0.29, 0.717) is 11.1 Å². The second-order valence-corrected chi connectivity index (χ2v) is 10.1. The Morgan fingerprint density at radius 1 is 0.690 bits per heavy atom. The van der Waals surface area contributed by atoms with Crippen molar-refractivity contribution < 1.29 is 16.8 Å². The minimum absolute atomic E-state index is 0.0622. The average molecular weight is 451 g/mol. The van der Waals surface area contributed by atoms with E-state index >= 15 is 0 Å². The average Bonchev–Trinajstić information content (AvgIpc) is 2.64. The lowest BCUT2D eigenvalue weighted by Crippen LogP contribution is -2.16. The summed E-state index contributed by atoms with van der Waals surface area (Å²) in [5.41, 5.74) is 1.57. The molecule has 0 bridgehead atoms. The molecule has 3 rings (SSSR count). The molecule has 0 unspecified atom stereocenters. The van der Waals surface area contributed by atoms with Crippen LogP contribution in [0.2, 0.25) is 5.02 Å². The summed E-state index contributed by atoms with van der Waals surface area (Å²) < 4.78 is 55.4. The minimum Gasteiger partial charge on any atom is -0.280 e. The predicted molar refractivity (Wildman–Crippen MR) is 115 cm³/mol. The Hall–Kier alpha value is -2.55. The topological polar surface area (TPSA) is 92.3 Å². The fourth-order valence-electron chi connectivity index (χ4n) is 2.79. The Morgan fingerprint density at radius 2 is 1.17 bits per heavy atom. The van der Waals surface area contributed by atoms with E-state index in [1.807, 2.05) is 0 Å². The summed E-state index contributed by atoms with van der Waals surface area (Å²) in [6, 6.07) is 17.4. The molecule has 3 aromatic carbocycles. The van der Waals surface area contributed by atoms with E-state index < -0.39 is 20.0 Å². The number of anilines is 2. The van der Waals surface area contributed by atoms with E-state index in [0.717, 1.165) is 0 Å². The molecule has 0 saturated carbocycles. The van der Waals surface area contributed by atoms with Crippen LogP contribution in [0.3, 0.4) is 0 Å². The highest BCUT2D eigenvalue weighted by Gasteiger charge is 2.20. The summed E-state index contributed by atoms with van der Waals surface area (Å²) in [6.45, 7) is 3.39. The fraction of sp³-hybridized carbons (Fsp3) is 0.100. The maximum absolute atomic E-state index is 12.6. The normalized spacial score (nSPS) is 11.8. The Balaban J connectivity index is 1.86. The summed E-state index contributed by atoms with van der Waals surface area (Å²) in [5, 5.41) is 0.0622. The van der Waals surface area contributed by atoms with Gasteiger partial charge in [-0.25, -0.2) is 16.8 Å². The molecule has 0 aliphatic heterocycles. The van der Waals surface area contributed by atoms with E-state index in [-0.39, 0.29) is 26.2 Å². The number of sulfonamides is 2. The van der Waals surface area contributed by atoms with Crippen molar-refractivity contribution in [2.75, 3.05) is 9.44 Å². The molecule has 0 fully saturated rings. The molecule has 9 heteroatoms. The third-order valence-electron chi connectivity index (χ3n) is 4.23. The van der Waals surface area contributed by atoms with Gasteiger partial charge in [0.05, 0.1) is 26.2 Å². The van der Waals surface area contributed by atoms with Crippen molar-refractivity contribution in [3.63, 3.8) is 0 Å². The lowest BCUT2D eigenvalue weighted by atomic mass is 10.2. The summed E-state index contributed by atoms with van der Waals surface area (Å²) in [5.74, 6) is 0. The number of nitrogens with one attached hydrogen (secondary N) is 2. The van der Waals surface area contributed by atoms with Crippen LogP contribution >= 0.6 is 11.6 Å². The summed E-state index contributed by atoms with van der Waals surface area (Å²) in [6.07, 6.45) is 0. The van der Waals surface area contributed by atoms with E-state index in [1.165, 1.54) is 30.3 Å². The molecule has 152 valence electrons. The monoisotopic (exact) mass is 450 g/mol. The number of hydrogen-bond donors (Lipinski definition) is 2. The zero-order valence-electron chi connectivity index (χ0n) is 15.7. The molecule has 0 atom stereocenters. The van der Waals surface area contributed by atoms with Crippen molar-refractivity contribution in [2.45, 2.75) is 23.6 Å². The summed E-state index contributed by atoms with van der Waals surface area (Å²) in [7, 11) is -7.64. The Kier molecular flexibility index (Phi) is 5.88. The molecular formula is C20H19ClN2O4S2. The molecular weight excluding hydrogens is 432 g/mol. The molecule has 0 aliphatic carbocycles.